The summed E-state index contributed by atoms with van der Waals surface area (Å²) in [6.45, 7) is 6.79. The van der Waals surface area contributed by atoms with Crippen molar-refractivity contribution in [2.75, 3.05) is 6.54 Å². The third-order valence-corrected chi connectivity index (χ3v) is 4.79. The molecule has 5 heteroatoms. The van der Waals surface area contributed by atoms with Gasteiger partial charge in [0, 0.05) is 29.9 Å². The molecular formula is C19H26N4O. The van der Waals surface area contributed by atoms with Crippen LogP contribution in [0.15, 0.2) is 30.3 Å². The minimum Gasteiger partial charge on any atom is -0.334 e. The molecule has 0 saturated carbocycles. The average molecular weight is 326 g/mol. The fourth-order valence-electron chi connectivity index (χ4n) is 3.56. The standard InChI is InChI=1S/C19H26N4O/c1-13-12-14(2)23(21-13)17-9-7-16(8-10-17)19(24)22-11-5-4-6-18(22)15(3)20/h7-10,12,15,18H,4-6,11,20H2,1-3H3. The summed E-state index contributed by atoms with van der Waals surface area (Å²) in [6, 6.07) is 9.88. The Bertz CT molecular complexity index is 717. The molecule has 1 saturated heterocycles. The molecule has 0 aliphatic carbocycles. The van der Waals surface area contributed by atoms with E-state index in [-0.39, 0.29) is 18.0 Å². The number of benzene rings is 1. The third-order valence-electron chi connectivity index (χ3n) is 4.79. The molecule has 0 spiro atoms. The minimum atomic E-state index is 0.00298. The van der Waals surface area contributed by atoms with Crippen LogP contribution in [0.5, 0.6) is 0 Å². The second-order valence-corrected chi connectivity index (χ2v) is 6.81. The monoisotopic (exact) mass is 326 g/mol. The maximum absolute atomic E-state index is 12.9. The molecule has 1 amide bonds. The van der Waals surface area contributed by atoms with Crippen molar-refractivity contribution in [3.63, 3.8) is 0 Å². The molecule has 1 aliphatic heterocycles. The molecule has 2 unspecified atom stereocenters. The molecule has 2 N–H and O–H groups in total. The normalized spacial score (nSPS) is 19.3. The summed E-state index contributed by atoms with van der Waals surface area (Å²) in [5.74, 6) is 0.0805. The fourth-order valence-corrected chi connectivity index (χ4v) is 3.56. The number of rotatable bonds is 3. The van der Waals surface area contributed by atoms with E-state index in [1.165, 1.54) is 0 Å². The average Bonchev–Trinajstić information content (AvgIpc) is 2.92. The van der Waals surface area contributed by atoms with Crippen molar-refractivity contribution >= 4 is 5.91 Å². The van der Waals surface area contributed by atoms with Crippen LogP contribution in [0.2, 0.25) is 0 Å². The van der Waals surface area contributed by atoms with Gasteiger partial charge in [0.25, 0.3) is 5.91 Å². The Morgan fingerprint density at radius 2 is 1.96 bits per heavy atom. The van der Waals surface area contributed by atoms with Gasteiger partial charge in [0.05, 0.1) is 11.4 Å². The first-order valence-electron chi connectivity index (χ1n) is 8.67. The summed E-state index contributed by atoms with van der Waals surface area (Å²) >= 11 is 0. The SMILES string of the molecule is Cc1cc(C)n(-c2ccc(C(=O)N3CCCCC3C(C)N)cc2)n1. The van der Waals surface area contributed by atoms with Crippen molar-refractivity contribution < 1.29 is 4.79 Å². The Kier molecular flexibility index (Phi) is 4.71. The predicted molar refractivity (Wildman–Crippen MR) is 95.4 cm³/mol. The van der Waals surface area contributed by atoms with Gasteiger partial charge in [0.2, 0.25) is 0 Å². The van der Waals surface area contributed by atoms with Gasteiger partial charge in [-0.2, -0.15) is 5.10 Å². The first kappa shape index (κ1) is 16.7. The number of nitrogens with zero attached hydrogens (tertiary/aromatic N) is 3. The van der Waals surface area contributed by atoms with Crippen LogP contribution in [0.1, 0.15) is 47.9 Å². The summed E-state index contributed by atoms with van der Waals surface area (Å²) in [5.41, 5.74) is 9.84. The fraction of sp³-hybridized carbons (Fsp3) is 0.474. The smallest absolute Gasteiger partial charge is 0.254 e. The highest BCUT2D eigenvalue weighted by molar-refractivity contribution is 5.94. The molecular weight excluding hydrogens is 300 g/mol. The number of hydrogen-bond acceptors (Lipinski definition) is 3. The van der Waals surface area contributed by atoms with Gasteiger partial charge in [-0.3, -0.25) is 4.79 Å². The van der Waals surface area contributed by atoms with Crippen LogP contribution in [0, 0.1) is 13.8 Å². The van der Waals surface area contributed by atoms with Crippen LogP contribution in [0.4, 0.5) is 0 Å². The van der Waals surface area contributed by atoms with Crippen LogP contribution >= 0.6 is 0 Å². The second-order valence-electron chi connectivity index (χ2n) is 6.81. The lowest BCUT2D eigenvalue weighted by Crippen LogP contribution is -2.51. The number of amides is 1. The maximum Gasteiger partial charge on any atom is 0.254 e. The van der Waals surface area contributed by atoms with E-state index < -0.39 is 0 Å². The lowest BCUT2D eigenvalue weighted by Gasteiger charge is -2.38. The Hall–Kier alpha value is -2.14. The number of likely N-dealkylation sites (tertiary alicyclic amines) is 1. The van der Waals surface area contributed by atoms with Crippen molar-refractivity contribution in [1.82, 2.24) is 14.7 Å². The first-order chi connectivity index (χ1) is 11.5. The van der Waals surface area contributed by atoms with E-state index in [1.807, 2.05) is 60.7 Å². The molecule has 1 aromatic carbocycles. The molecule has 0 bridgehead atoms. The molecule has 5 nitrogen and oxygen atoms in total. The molecule has 1 fully saturated rings. The second kappa shape index (κ2) is 6.77. The summed E-state index contributed by atoms with van der Waals surface area (Å²) in [4.78, 5) is 14.8. The van der Waals surface area contributed by atoms with Crippen molar-refractivity contribution in [1.29, 1.82) is 0 Å². The van der Waals surface area contributed by atoms with Crippen LogP contribution < -0.4 is 5.73 Å². The topological polar surface area (TPSA) is 64.2 Å². The molecule has 24 heavy (non-hydrogen) atoms. The van der Waals surface area contributed by atoms with Gasteiger partial charge in [0.15, 0.2) is 0 Å². The van der Waals surface area contributed by atoms with Crippen molar-refractivity contribution in [2.24, 2.45) is 5.73 Å². The minimum absolute atomic E-state index is 0.00298. The largest absolute Gasteiger partial charge is 0.334 e. The van der Waals surface area contributed by atoms with Crippen molar-refractivity contribution in [3.8, 4) is 5.69 Å². The van der Waals surface area contributed by atoms with Crippen LogP contribution in [0.3, 0.4) is 0 Å². The lowest BCUT2D eigenvalue weighted by atomic mass is 9.96. The van der Waals surface area contributed by atoms with E-state index in [9.17, 15) is 4.79 Å². The lowest BCUT2D eigenvalue weighted by molar-refractivity contribution is 0.0584. The summed E-state index contributed by atoms with van der Waals surface area (Å²) < 4.78 is 1.90. The van der Waals surface area contributed by atoms with E-state index >= 15 is 0 Å². The first-order valence-corrected chi connectivity index (χ1v) is 8.67. The van der Waals surface area contributed by atoms with Crippen molar-refractivity contribution in [2.45, 2.75) is 52.1 Å². The van der Waals surface area contributed by atoms with Gasteiger partial charge in [-0.15, -0.1) is 0 Å². The molecule has 0 radical (unpaired) electrons. The predicted octanol–water partition coefficient (Wildman–Crippen LogP) is 2.83. The van der Waals surface area contributed by atoms with Crippen LogP contribution in [0.25, 0.3) is 5.69 Å². The molecule has 1 aliphatic rings. The van der Waals surface area contributed by atoms with Gasteiger partial charge < -0.3 is 10.6 Å². The Balaban J connectivity index is 1.82. The van der Waals surface area contributed by atoms with Gasteiger partial charge in [-0.05, 0) is 70.4 Å². The number of hydrogen-bond donors (Lipinski definition) is 1. The number of piperidine rings is 1. The van der Waals surface area contributed by atoms with Gasteiger partial charge >= 0.3 is 0 Å². The quantitative estimate of drug-likeness (QED) is 0.943. The highest BCUT2D eigenvalue weighted by Crippen LogP contribution is 2.22. The Morgan fingerprint density at radius 3 is 2.54 bits per heavy atom. The Labute approximate surface area is 143 Å². The zero-order valence-electron chi connectivity index (χ0n) is 14.7. The summed E-state index contributed by atoms with van der Waals surface area (Å²) in [7, 11) is 0. The van der Waals surface area contributed by atoms with E-state index in [4.69, 9.17) is 5.73 Å². The number of carbonyl (C=O) groups excluding carboxylic acids is 1. The highest BCUT2D eigenvalue weighted by atomic mass is 16.2. The zero-order valence-corrected chi connectivity index (χ0v) is 14.7. The molecule has 1 aromatic heterocycles. The molecule has 2 heterocycles. The highest BCUT2D eigenvalue weighted by Gasteiger charge is 2.29. The maximum atomic E-state index is 12.9. The van der Waals surface area contributed by atoms with Gasteiger partial charge in [0.1, 0.15) is 0 Å². The summed E-state index contributed by atoms with van der Waals surface area (Å²) in [5, 5.41) is 4.48. The third kappa shape index (κ3) is 3.22. The Morgan fingerprint density at radius 1 is 1.25 bits per heavy atom. The number of carbonyl (C=O) groups is 1. The van der Waals surface area contributed by atoms with E-state index in [1.54, 1.807) is 0 Å². The van der Waals surface area contributed by atoms with Crippen molar-refractivity contribution in [3.05, 3.63) is 47.3 Å². The number of aromatic nitrogens is 2. The molecule has 3 rings (SSSR count). The number of nitrogens with two attached hydrogens (primary N) is 1. The molecule has 2 aromatic rings. The summed E-state index contributed by atoms with van der Waals surface area (Å²) in [6.07, 6.45) is 3.19. The molecule has 2 atom stereocenters. The van der Waals surface area contributed by atoms with E-state index in [0.717, 1.165) is 42.9 Å². The van der Waals surface area contributed by atoms with Crippen LogP contribution in [-0.2, 0) is 0 Å². The zero-order chi connectivity index (χ0) is 17.3. The van der Waals surface area contributed by atoms with Gasteiger partial charge in [-0.25, -0.2) is 4.68 Å². The van der Waals surface area contributed by atoms with E-state index in [0.29, 0.717) is 5.56 Å². The molecule has 128 valence electrons. The van der Waals surface area contributed by atoms with Gasteiger partial charge in [-0.1, -0.05) is 0 Å². The number of aryl methyl sites for hydroxylation is 2. The van der Waals surface area contributed by atoms with Crippen LogP contribution in [-0.4, -0.2) is 39.2 Å². The van der Waals surface area contributed by atoms with E-state index in [2.05, 4.69) is 5.10 Å².